The maximum atomic E-state index is 13.8. The van der Waals surface area contributed by atoms with Crippen LogP contribution in [0.1, 0.15) is 44.1 Å². The maximum absolute atomic E-state index is 13.8. The lowest BCUT2D eigenvalue weighted by atomic mass is 10.0. The number of benzene rings is 1. The molecule has 1 aliphatic rings. The topological polar surface area (TPSA) is 38.0 Å². The lowest BCUT2D eigenvalue weighted by molar-refractivity contribution is 0.490. The molecule has 0 amide bonds. The zero-order chi connectivity index (χ0) is 14.5. The molecule has 0 spiro atoms. The van der Waals surface area contributed by atoms with Crippen molar-refractivity contribution in [1.82, 2.24) is 0 Å². The molecule has 0 aromatic heterocycles. The van der Waals surface area contributed by atoms with Crippen LogP contribution in [0.25, 0.3) is 0 Å². The lowest BCUT2D eigenvalue weighted by Gasteiger charge is -2.12. The van der Waals surface area contributed by atoms with Crippen molar-refractivity contribution < 1.29 is 8.78 Å². The van der Waals surface area contributed by atoms with Crippen LogP contribution in [0.2, 0.25) is 0 Å². The normalized spacial score (nSPS) is 15.5. The van der Waals surface area contributed by atoms with E-state index in [-0.39, 0.29) is 16.2 Å². The van der Waals surface area contributed by atoms with Crippen LogP contribution in [0.3, 0.4) is 0 Å². The Morgan fingerprint density at radius 2 is 1.85 bits per heavy atom. The van der Waals surface area contributed by atoms with Crippen LogP contribution in [0.15, 0.2) is 12.1 Å². The first-order valence-corrected chi connectivity index (χ1v) is 7.51. The maximum Gasteiger partial charge on any atom is 0.150 e. The van der Waals surface area contributed by atoms with E-state index in [0.717, 1.165) is 18.8 Å². The van der Waals surface area contributed by atoms with Gasteiger partial charge in [-0.1, -0.05) is 37.9 Å². The first kappa shape index (κ1) is 15.2. The summed E-state index contributed by atoms with van der Waals surface area (Å²) in [6.07, 6.45) is 7.29. The molecule has 1 saturated carbocycles. The fourth-order valence-electron chi connectivity index (χ4n) is 2.79. The van der Waals surface area contributed by atoms with E-state index in [1.807, 2.05) is 0 Å². The van der Waals surface area contributed by atoms with Gasteiger partial charge in [0.15, 0.2) is 0 Å². The Balaban J connectivity index is 1.87. The van der Waals surface area contributed by atoms with Crippen molar-refractivity contribution in [3.63, 3.8) is 0 Å². The molecule has 1 aliphatic carbocycles. The van der Waals surface area contributed by atoms with Gasteiger partial charge in [0, 0.05) is 12.1 Å². The van der Waals surface area contributed by atoms with Gasteiger partial charge in [0.1, 0.15) is 22.3 Å². The summed E-state index contributed by atoms with van der Waals surface area (Å²) >= 11 is 4.72. The summed E-state index contributed by atoms with van der Waals surface area (Å²) in [5.74, 6) is -0.495. The second-order valence-corrected chi connectivity index (χ2v) is 5.84. The van der Waals surface area contributed by atoms with Gasteiger partial charge >= 0.3 is 0 Å². The molecule has 2 nitrogen and oxygen atoms in total. The zero-order valence-corrected chi connectivity index (χ0v) is 12.2. The van der Waals surface area contributed by atoms with Gasteiger partial charge in [-0.3, -0.25) is 0 Å². The largest absolute Gasteiger partial charge is 0.389 e. The molecule has 0 saturated heterocycles. The summed E-state index contributed by atoms with van der Waals surface area (Å²) in [6.45, 7) is 0.580. The molecule has 0 heterocycles. The van der Waals surface area contributed by atoms with Gasteiger partial charge in [0.2, 0.25) is 0 Å². The molecule has 1 fully saturated rings. The Morgan fingerprint density at radius 1 is 1.25 bits per heavy atom. The predicted octanol–water partition coefficient (Wildman–Crippen LogP) is 3.98. The van der Waals surface area contributed by atoms with Crippen LogP contribution in [0.4, 0.5) is 14.5 Å². The highest BCUT2D eigenvalue weighted by molar-refractivity contribution is 7.80. The smallest absolute Gasteiger partial charge is 0.150 e. The Labute approximate surface area is 123 Å². The van der Waals surface area contributed by atoms with E-state index in [1.165, 1.54) is 37.8 Å². The Kier molecular flexibility index (Phi) is 5.29. The monoisotopic (exact) mass is 298 g/mol. The van der Waals surface area contributed by atoms with E-state index in [1.54, 1.807) is 0 Å². The summed E-state index contributed by atoms with van der Waals surface area (Å²) in [7, 11) is 0. The van der Waals surface area contributed by atoms with Crippen molar-refractivity contribution >= 4 is 22.9 Å². The highest BCUT2D eigenvalue weighted by atomic mass is 32.1. The summed E-state index contributed by atoms with van der Waals surface area (Å²) < 4.78 is 27.6. The number of nitrogens with two attached hydrogens (primary N) is 1. The van der Waals surface area contributed by atoms with Crippen LogP contribution in [-0.2, 0) is 0 Å². The molecule has 0 bridgehead atoms. The second kappa shape index (κ2) is 6.97. The zero-order valence-electron chi connectivity index (χ0n) is 11.4. The number of anilines is 1. The molecule has 20 heavy (non-hydrogen) atoms. The van der Waals surface area contributed by atoms with E-state index in [4.69, 9.17) is 18.0 Å². The van der Waals surface area contributed by atoms with Crippen molar-refractivity contribution in [3.8, 4) is 0 Å². The van der Waals surface area contributed by atoms with Crippen molar-refractivity contribution in [2.75, 3.05) is 11.9 Å². The molecule has 0 unspecified atom stereocenters. The van der Waals surface area contributed by atoms with Crippen molar-refractivity contribution in [2.24, 2.45) is 11.7 Å². The predicted molar refractivity (Wildman–Crippen MR) is 81.9 cm³/mol. The first-order chi connectivity index (χ1) is 9.58. The third-order valence-corrected chi connectivity index (χ3v) is 4.13. The van der Waals surface area contributed by atoms with E-state index in [9.17, 15) is 8.78 Å². The van der Waals surface area contributed by atoms with Crippen molar-refractivity contribution in [2.45, 2.75) is 38.5 Å². The SMILES string of the molecule is NC(=S)c1cc(F)c(NCCCC2CCCC2)c(F)c1. The number of halogens is 2. The van der Waals surface area contributed by atoms with E-state index in [0.29, 0.717) is 6.54 Å². The second-order valence-electron chi connectivity index (χ2n) is 5.40. The molecule has 5 heteroatoms. The summed E-state index contributed by atoms with van der Waals surface area (Å²) in [5.41, 5.74) is 5.50. The van der Waals surface area contributed by atoms with E-state index >= 15 is 0 Å². The van der Waals surface area contributed by atoms with Gasteiger partial charge in [-0.2, -0.15) is 0 Å². The quantitative estimate of drug-likeness (QED) is 0.616. The van der Waals surface area contributed by atoms with E-state index < -0.39 is 11.6 Å². The van der Waals surface area contributed by atoms with Gasteiger partial charge in [-0.15, -0.1) is 0 Å². The average molecular weight is 298 g/mol. The van der Waals surface area contributed by atoms with Crippen LogP contribution >= 0.6 is 12.2 Å². The summed E-state index contributed by atoms with van der Waals surface area (Å²) in [5, 5.41) is 2.84. The molecular formula is C15H20F2N2S. The van der Waals surface area contributed by atoms with Crippen LogP contribution in [0, 0.1) is 17.6 Å². The molecule has 2 rings (SSSR count). The molecular weight excluding hydrogens is 278 g/mol. The van der Waals surface area contributed by atoms with Crippen LogP contribution in [0.5, 0.6) is 0 Å². The standard InChI is InChI=1S/C15H20F2N2S/c16-12-8-11(15(18)20)9-13(17)14(12)19-7-3-6-10-4-1-2-5-10/h8-10,19H,1-7H2,(H2,18,20). The van der Waals surface area contributed by atoms with Gasteiger partial charge in [0.05, 0.1) is 0 Å². The molecule has 110 valence electrons. The fourth-order valence-corrected chi connectivity index (χ4v) is 2.91. The summed E-state index contributed by atoms with van der Waals surface area (Å²) in [4.78, 5) is -0.00409. The van der Waals surface area contributed by atoms with Crippen LogP contribution < -0.4 is 11.1 Å². The molecule has 0 atom stereocenters. The van der Waals surface area contributed by atoms with Gasteiger partial charge in [-0.25, -0.2) is 8.78 Å². The highest BCUT2D eigenvalue weighted by Gasteiger charge is 2.15. The molecule has 0 radical (unpaired) electrons. The minimum atomic E-state index is -0.645. The number of thiocarbonyl (C=S) groups is 1. The lowest BCUT2D eigenvalue weighted by Crippen LogP contribution is -2.12. The molecule has 3 N–H and O–H groups in total. The van der Waals surface area contributed by atoms with Crippen molar-refractivity contribution in [3.05, 3.63) is 29.3 Å². The van der Waals surface area contributed by atoms with Crippen molar-refractivity contribution in [1.29, 1.82) is 0 Å². The summed E-state index contributed by atoms with van der Waals surface area (Å²) in [6, 6.07) is 2.34. The number of nitrogens with one attached hydrogen (secondary N) is 1. The molecule has 0 aliphatic heterocycles. The van der Waals surface area contributed by atoms with E-state index in [2.05, 4.69) is 5.32 Å². The van der Waals surface area contributed by atoms with Gasteiger partial charge < -0.3 is 11.1 Å². The molecule has 1 aromatic carbocycles. The number of hydrogen-bond acceptors (Lipinski definition) is 2. The molecule has 1 aromatic rings. The Hall–Kier alpha value is -1.23. The third-order valence-electron chi connectivity index (χ3n) is 3.89. The number of hydrogen-bond donors (Lipinski definition) is 2. The Morgan fingerprint density at radius 3 is 2.40 bits per heavy atom. The average Bonchev–Trinajstić information content (AvgIpc) is 2.89. The Bertz CT molecular complexity index is 462. The van der Waals surface area contributed by atoms with Gasteiger partial charge in [-0.05, 0) is 30.9 Å². The number of rotatable bonds is 6. The van der Waals surface area contributed by atoms with Gasteiger partial charge in [0.25, 0.3) is 0 Å². The van der Waals surface area contributed by atoms with Crippen LogP contribution in [-0.4, -0.2) is 11.5 Å². The minimum Gasteiger partial charge on any atom is -0.389 e. The highest BCUT2D eigenvalue weighted by Crippen LogP contribution is 2.28. The minimum absolute atomic E-state index is 0.00409. The fraction of sp³-hybridized carbons (Fsp3) is 0.533. The first-order valence-electron chi connectivity index (χ1n) is 7.10. The third kappa shape index (κ3) is 3.88.